The smallest absolute Gasteiger partial charge is 0.387 e. The highest BCUT2D eigenvalue weighted by atomic mass is 19.3. The molecule has 6 heteroatoms. The number of ether oxygens (including phenoxy) is 2. The van der Waals surface area contributed by atoms with Crippen LogP contribution < -0.4 is 4.74 Å². The highest BCUT2D eigenvalue weighted by Gasteiger charge is 2.12. The van der Waals surface area contributed by atoms with Gasteiger partial charge in [-0.15, -0.1) is 0 Å². The van der Waals surface area contributed by atoms with E-state index in [1.165, 1.54) is 17.7 Å². The number of fused-ring (bicyclic) bond motifs is 1. The summed E-state index contributed by atoms with van der Waals surface area (Å²) in [5.41, 5.74) is 4.32. The van der Waals surface area contributed by atoms with E-state index in [0.717, 1.165) is 29.0 Å². The van der Waals surface area contributed by atoms with Gasteiger partial charge in [0.2, 0.25) is 0 Å². The van der Waals surface area contributed by atoms with E-state index in [-0.39, 0.29) is 5.82 Å². The van der Waals surface area contributed by atoms with Crippen molar-refractivity contribution in [3.63, 3.8) is 0 Å². The van der Waals surface area contributed by atoms with Crippen LogP contribution in [0, 0.1) is 11.6 Å². The zero-order valence-corrected chi connectivity index (χ0v) is 18.7. The standard InChI is InChI=1S/C28H24F4O2/c1-33-15-14-18-2-6-20(7-3-18)22-11-12-24-23(17-22)10-9-21(27(24)30)8-4-19-5-13-26(25(29)16-19)34-28(31)32/h2-3,5-7,9-13,16-17,28H,4,8,14-15H2,1H3. The molecule has 0 spiro atoms. The topological polar surface area (TPSA) is 18.5 Å². The Balaban J connectivity index is 1.49. The van der Waals surface area contributed by atoms with Gasteiger partial charge in [0.1, 0.15) is 5.82 Å². The van der Waals surface area contributed by atoms with E-state index in [1.54, 1.807) is 19.2 Å². The number of methoxy groups -OCH3 is 1. The summed E-state index contributed by atoms with van der Waals surface area (Å²) in [5.74, 6) is -1.68. The van der Waals surface area contributed by atoms with Gasteiger partial charge in [-0.05, 0) is 70.7 Å². The third kappa shape index (κ3) is 5.57. The Kier molecular flexibility index (Phi) is 7.48. The molecule has 0 unspecified atom stereocenters. The van der Waals surface area contributed by atoms with Crippen molar-refractivity contribution in [3.05, 3.63) is 101 Å². The van der Waals surface area contributed by atoms with Crippen LogP contribution >= 0.6 is 0 Å². The SMILES string of the molecule is COCCc1ccc(-c2ccc3c(F)c(CCc4ccc(OC(F)F)c(F)c4)ccc3c2)cc1. The number of rotatable bonds is 9. The molecule has 0 fully saturated rings. The molecule has 0 aromatic heterocycles. The van der Waals surface area contributed by atoms with Gasteiger partial charge in [-0.2, -0.15) is 8.78 Å². The molecule has 0 amide bonds. The maximum absolute atomic E-state index is 15.2. The van der Waals surface area contributed by atoms with Crippen molar-refractivity contribution in [2.45, 2.75) is 25.9 Å². The summed E-state index contributed by atoms with van der Waals surface area (Å²) < 4.78 is 62.9. The molecule has 2 nitrogen and oxygen atoms in total. The van der Waals surface area contributed by atoms with Crippen molar-refractivity contribution in [2.75, 3.05) is 13.7 Å². The highest BCUT2D eigenvalue weighted by Crippen LogP contribution is 2.29. The lowest BCUT2D eigenvalue weighted by atomic mass is 9.96. The van der Waals surface area contributed by atoms with Gasteiger partial charge in [0.05, 0.1) is 6.61 Å². The van der Waals surface area contributed by atoms with Crippen LogP contribution in [0.5, 0.6) is 5.75 Å². The largest absolute Gasteiger partial charge is 0.432 e. The molecule has 0 N–H and O–H groups in total. The van der Waals surface area contributed by atoms with Gasteiger partial charge in [0, 0.05) is 12.5 Å². The second-order valence-electron chi connectivity index (χ2n) is 8.06. The normalized spacial score (nSPS) is 11.4. The third-order valence-electron chi connectivity index (χ3n) is 5.81. The summed E-state index contributed by atoms with van der Waals surface area (Å²) >= 11 is 0. The average Bonchev–Trinajstić information content (AvgIpc) is 2.84. The minimum absolute atomic E-state index is 0.308. The quantitative estimate of drug-likeness (QED) is 0.239. The zero-order chi connectivity index (χ0) is 24.1. The fourth-order valence-electron chi connectivity index (χ4n) is 3.96. The van der Waals surface area contributed by atoms with Crippen LogP contribution in [0.15, 0.2) is 72.8 Å². The zero-order valence-electron chi connectivity index (χ0n) is 18.7. The third-order valence-corrected chi connectivity index (χ3v) is 5.81. The summed E-state index contributed by atoms with van der Waals surface area (Å²) in [5, 5.41) is 1.31. The monoisotopic (exact) mass is 468 g/mol. The Morgan fingerprint density at radius 3 is 2.18 bits per heavy atom. The molecule has 4 aromatic carbocycles. The van der Waals surface area contributed by atoms with E-state index in [4.69, 9.17) is 4.74 Å². The first kappa shape index (κ1) is 23.8. The molecule has 4 rings (SSSR count). The van der Waals surface area contributed by atoms with Gasteiger partial charge in [-0.25, -0.2) is 8.78 Å². The number of halogens is 4. The lowest BCUT2D eigenvalue weighted by Gasteiger charge is -2.10. The fourth-order valence-corrected chi connectivity index (χ4v) is 3.96. The van der Waals surface area contributed by atoms with Crippen LogP contribution in [0.3, 0.4) is 0 Å². The maximum Gasteiger partial charge on any atom is 0.387 e. The average molecular weight is 468 g/mol. The first-order chi connectivity index (χ1) is 16.4. The van der Waals surface area contributed by atoms with E-state index >= 15 is 4.39 Å². The Bertz CT molecular complexity index is 1270. The van der Waals surface area contributed by atoms with Crippen molar-refractivity contribution < 1.29 is 27.0 Å². The molecule has 176 valence electrons. The van der Waals surface area contributed by atoms with Gasteiger partial charge in [-0.1, -0.05) is 54.6 Å². The predicted molar refractivity (Wildman–Crippen MR) is 125 cm³/mol. The van der Waals surface area contributed by atoms with Gasteiger partial charge >= 0.3 is 6.61 Å². The van der Waals surface area contributed by atoms with E-state index < -0.39 is 18.2 Å². The summed E-state index contributed by atoms with van der Waals surface area (Å²) in [7, 11) is 1.68. The number of hydrogen-bond acceptors (Lipinski definition) is 2. The summed E-state index contributed by atoms with van der Waals surface area (Å²) in [6.07, 6.45) is 1.56. The van der Waals surface area contributed by atoms with Crippen molar-refractivity contribution in [2.24, 2.45) is 0 Å². The molecule has 0 saturated carbocycles. The van der Waals surface area contributed by atoms with Crippen LogP contribution in [0.1, 0.15) is 16.7 Å². The lowest BCUT2D eigenvalue weighted by molar-refractivity contribution is -0.0522. The Labute approximate surface area is 195 Å². The van der Waals surface area contributed by atoms with Gasteiger partial charge in [-0.3, -0.25) is 0 Å². The molecule has 0 aliphatic rings. The van der Waals surface area contributed by atoms with Gasteiger partial charge < -0.3 is 9.47 Å². The lowest BCUT2D eigenvalue weighted by Crippen LogP contribution is -2.04. The number of aryl methyl sites for hydroxylation is 2. The first-order valence-corrected chi connectivity index (χ1v) is 11.0. The Hall–Kier alpha value is -3.38. The molecule has 0 saturated heterocycles. The molecule has 0 aliphatic heterocycles. The van der Waals surface area contributed by atoms with E-state index in [1.807, 2.05) is 30.3 Å². The highest BCUT2D eigenvalue weighted by molar-refractivity contribution is 5.88. The Morgan fingerprint density at radius 1 is 0.735 bits per heavy atom. The molecule has 34 heavy (non-hydrogen) atoms. The van der Waals surface area contributed by atoms with Crippen LogP contribution in [0.4, 0.5) is 17.6 Å². The van der Waals surface area contributed by atoms with E-state index in [0.29, 0.717) is 36.0 Å². The second-order valence-corrected chi connectivity index (χ2v) is 8.06. The molecular weight excluding hydrogens is 444 g/mol. The molecule has 0 aliphatic carbocycles. The molecule has 0 atom stereocenters. The summed E-state index contributed by atoms with van der Waals surface area (Å²) in [6, 6.07) is 21.3. The van der Waals surface area contributed by atoms with Crippen molar-refractivity contribution >= 4 is 10.8 Å². The minimum atomic E-state index is -3.09. The van der Waals surface area contributed by atoms with Gasteiger partial charge in [0.15, 0.2) is 11.6 Å². The molecule has 4 aromatic rings. The van der Waals surface area contributed by atoms with E-state index in [2.05, 4.69) is 16.9 Å². The van der Waals surface area contributed by atoms with Crippen molar-refractivity contribution in [1.29, 1.82) is 0 Å². The second kappa shape index (κ2) is 10.7. The molecule has 0 bridgehead atoms. The minimum Gasteiger partial charge on any atom is -0.432 e. The molecule has 0 radical (unpaired) electrons. The number of alkyl halides is 2. The van der Waals surface area contributed by atoms with Crippen molar-refractivity contribution in [1.82, 2.24) is 0 Å². The number of benzene rings is 4. The maximum atomic E-state index is 15.2. The predicted octanol–water partition coefficient (Wildman–Crippen LogP) is 7.36. The summed E-state index contributed by atoms with van der Waals surface area (Å²) in [6.45, 7) is -2.42. The first-order valence-electron chi connectivity index (χ1n) is 11.0. The van der Waals surface area contributed by atoms with Crippen LogP contribution in [-0.2, 0) is 24.0 Å². The van der Waals surface area contributed by atoms with Crippen LogP contribution in [-0.4, -0.2) is 20.3 Å². The van der Waals surface area contributed by atoms with Crippen LogP contribution in [0.2, 0.25) is 0 Å². The van der Waals surface area contributed by atoms with Gasteiger partial charge in [0.25, 0.3) is 0 Å². The number of hydrogen-bond donors (Lipinski definition) is 0. The van der Waals surface area contributed by atoms with E-state index in [9.17, 15) is 13.2 Å². The fraction of sp³-hybridized carbons (Fsp3) is 0.214. The van der Waals surface area contributed by atoms with Crippen LogP contribution in [0.25, 0.3) is 21.9 Å². The summed E-state index contributed by atoms with van der Waals surface area (Å²) in [4.78, 5) is 0. The Morgan fingerprint density at radius 2 is 1.47 bits per heavy atom. The molecular formula is C28H24F4O2. The molecule has 0 heterocycles. The van der Waals surface area contributed by atoms with Crippen molar-refractivity contribution in [3.8, 4) is 16.9 Å².